The number of imidazole rings is 1. The van der Waals surface area contributed by atoms with E-state index in [0.29, 0.717) is 12.3 Å². The summed E-state index contributed by atoms with van der Waals surface area (Å²) >= 11 is 0. The number of aromatic nitrogens is 2. The number of carbonyl (C=O) groups excluding carboxylic acids is 1. The van der Waals surface area contributed by atoms with Gasteiger partial charge in [-0.05, 0) is 12.3 Å². The van der Waals surface area contributed by atoms with Gasteiger partial charge in [0.05, 0.1) is 6.42 Å². The smallest absolute Gasteiger partial charge is 0.374 e. The Morgan fingerprint density at radius 2 is 2.10 bits per heavy atom. The number of hydrogen-bond donors (Lipinski definition) is 2. The maximum absolute atomic E-state index is 13.2. The second-order valence-corrected chi connectivity index (χ2v) is 5.43. The summed E-state index contributed by atoms with van der Waals surface area (Å²) in [5.74, 6) is -1.14. The molecule has 120 valence electrons. The minimum absolute atomic E-state index is 0.269. The molecule has 1 aromatic heterocycles. The van der Waals surface area contributed by atoms with Gasteiger partial charge in [-0.3, -0.25) is 4.79 Å². The molecule has 0 aliphatic heterocycles. The second kappa shape index (κ2) is 6.46. The van der Waals surface area contributed by atoms with E-state index in [4.69, 9.17) is 0 Å². The first-order valence-corrected chi connectivity index (χ1v) is 6.61. The van der Waals surface area contributed by atoms with E-state index in [9.17, 15) is 23.1 Å². The molecular formula is C13H20F3N3O2. The molecule has 5 nitrogen and oxygen atoms in total. The lowest BCUT2D eigenvalue weighted by Crippen LogP contribution is -2.48. The zero-order chi connectivity index (χ0) is 16.3. The van der Waals surface area contributed by atoms with E-state index in [0.717, 1.165) is 10.8 Å². The molecule has 0 aliphatic rings. The van der Waals surface area contributed by atoms with E-state index in [1.54, 1.807) is 0 Å². The summed E-state index contributed by atoms with van der Waals surface area (Å²) < 4.78 is 40.6. The molecule has 21 heavy (non-hydrogen) atoms. The molecule has 1 heterocycles. The predicted molar refractivity (Wildman–Crippen MR) is 70.2 cm³/mol. The summed E-state index contributed by atoms with van der Waals surface area (Å²) in [6.07, 6.45) is -3.04. The van der Waals surface area contributed by atoms with Gasteiger partial charge in [0, 0.05) is 26.0 Å². The van der Waals surface area contributed by atoms with E-state index >= 15 is 0 Å². The molecule has 0 aromatic carbocycles. The van der Waals surface area contributed by atoms with Crippen LogP contribution < -0.4 is 5.32 Å². The highest BCUT2D eigenvalue weighted by Gasteiger charge is 2.58. The van der Waals surface area contributed by atoms with Gasteiger partial charge in [-0.15, -0.1) is 0 Å². The quantitative estimate of drug-likeness (QED) is 0.841. The normalized spacial score (nSPS) is 15.0. The van der Waals surface area contributed by atoms with Crippen LogP contribution in [0.4, 0.5) is 13.2 Å². The minimum atomic E-state index is -5.00. The van der Waals surface area contributed by atoms with Crippen molar-refractivity contribution in [2.75, 3.05) is 6.54 Å². The van der Waals surface area contributed by atoms with Crippen LogP contribution in [0.25, 0.3) is 0 Å². The molecule has 1 rings (SSSR count). The highest BCUT2D eigenvalue weighted by molar-refractivity contribution is 5.77. The van der Waals surface area contributed by atoms with E-state index in [2.05, 4.69) is 10.3 Å². The highest BCUT2D eigenvalue weighted by Crippen LogP contribution is 2.40. The first-order chi connectivity index (χ1) is 9.58. The Morgan fingerprint density at radius 3 is 2.52 bits per heavy atom. The average molecular weight is 307 g/mol. The number of aryl methyl sites for hydroxylation is 1. The van der Waals surface area contributed by atoms with Gasteiger partial charge in [0.2, 0.25) is 11.5 Å². The number of aliphatic hydroxyl groups is 1. The van der Waals surface area contributed by atoms with Crippen molar-refractivity contribution in [3.8, 4) is 0 Å². The van der Waals surface area contributed by atoms with Crippen LogP contribution in [0.2, 0.25) is 0 Å². The lowest BCUT2D eigenvalue weighted by atomic mass is 9.97. The van der Waals surface area contributed by atoms with Crippen LogP contribution in [0.1, 0.15) is 32.5 Å². The van der Waals surface area contributed by atoms with Crippen molar-refractivity contribution in [1.29, 1.82) is 0 Å². The Bertz CT molecular complexity index is 485. The molecular weight excluding hydrogens is 287 g/mol. The third-order valence-corrected chi connectivity index (χ3v) is 3.12. The first kappa shape index (κ1) is 17.5. The maximum Gasteiger partial charge on any atom is 0.425 e. The molecule has 0 spiro atoms. The molecule has 0 saturated heterocycles. The van der Waals surface area contributed by atoms with Crippen molar-refractivity contribution in [3.05, 3.63) is 18.2 Å². The van der Waals surface area contributed by atoms with Crippen LogP contribution in [-0.4, -0.2) is 33.3 Å². The van der Waals surface area contributed by atoms with Crippen LogP contribution >= 0.6 is 0 Å². The fourth-order valence-corrected chi connectivity index (χ4v) is 1.87. The maximum atomic E-state index is 13.2. The summed E-state index contributed by atoms with van der Waals surface area (Å²) in [7, 11) is 1.33. The molecule has 2 N–H and O–H groups in total. The van der Waals surface area contributed by atoms with Gasteiger partial charge in [-0.2, -0.15) is 13.2 Å². The van der Waals surface area contributed by atoms with Crippen molar-refractivity contribution >= 4 is 5.91 Å². The molecule has 1 amide bonds. The van der Waals surface area contributed by atoms with Crippen LogP contribution in [-0.2, 0) is 17.4 Å². The Kier molecular flexibility index (Phi) is 5.38. The lowest BCUT2D eigenvalue weighted by Gasteiger charge is -2.29. The van der Waals surface area contributed by atoms with Gasteiger partial charge in [-0.25, -0.2) is 4.98 Å². The van der Waals surface area contributed by atoms with Gasteiger partial charge in [-0.1, -0.05) is 13.8 Å². The molecule has 8 heteroatoms. The van der Waals surface area contributed by atoms with Crippen LogP contribution in [0.15, 0.2) is 12.4 Å². The second-order valence-electron chi connectivity index (χ2n) is 5.43. The van der Waals surface area contributed by atoms with E-state index in [-0.39, 0.29) is 6.54 Å². The largest absolute Gasteiger partial charge is 0.425 e. The molecule has 0 radical (unpaired) electrons. The Hall–Kier alpha value is -1.57. The molecule has 0 aliphatic carbocycles. The number of rotatable bonds is 6. The number of nitrogens with zero attached hydrogens (tertiary/aromatic N) is 2. The van der Waals surface area contributed by atoms with Crippen molar-refractivity contribution in [2.45, 2.75) is 38.5 Å². The molecule has 0 saturated carbocycles. The van der Waals surface area contributed by atoms with Crippen LogP contribution in [0.5, 0.6) is 0 Å². The molecule has 0 fully saturated rings. The zero-order valence-corrected chi connectivity index (χ0v) is 12.2. The van der Waals surface area contributed by atoms with E-state index in [1.807, 2.05) is 13.8 Å². The third-order valence-electron chi connectivity index (χ3n) is 3.12. The van der Waals surface area contributed by atoms with Gasteiger partial charge in [0.15, 0.2) is 5.82 Å². The fourth-order valence-electron chi connectivity index (χ4n) is 1.87. The van der Waals surface area contributed by atoms with Crippen LogP contribution in [0, 0.1) is 5.92 Å². The van der Waals surface area contributed by atoms with E-state index in [1.165, 1.54) is 13.2 Å². The minimum Gasteiger partial charge on any atom is -0.374 e. The summed E-state index contributed by atoms with van der Waals surface area (Å²) in [5.41, 5.74) is -3.30. The highest BCUT2D eigenvalue weighted by atomic mass is 19.4. The number of nitrogens with one attached hydrogen (secondary N) is 1. The molecule has 0 unspecified atom stereocenters. The zero-order valence-electron chi connectivity index (χ0n) is 12.2. The Morgan fingerprint density at radius 1 is 1.48 bits per heavy atom. The van der Waals surface area contributed by atoms with Gasteiger partial charge < -0.3 is 15.0 Å². The fraction of sp³-hybridized carbons (Fsp3) is 0.692. The van der Waals surface area contributed by atoms with Gasteiger partial charge in [0.1, 0.15) is 0 Å². The predicted octanol–water partition coefficient (Wildman–Crippen LogP) is 1.72. The topological polar surface area (TPSA) is 67.2 Å². The average Bonchev–Trinajstić information content (AvgIpc) is 2.73. The number of hydrogen-bond acceptors (Lipinski definition) is 3. The molecule has 1 aromatic rings. The Labute approximate surface area is 121 Å². The summed E-state index contributed by atoms with van der Waals surface area (Å²) in [6, 6.07) is 0. The van der Waals surface area contributed by atoms with Crippen LogP contribution in [0.3, 0.4) is 0 Å². The number of amides is 1. The molecule has 1 atom stereocenters. The van der Waals surface area contributed by atoms with Crippen molar-refractivity contribution in [1.82, 2.24) is 14.9 Å². The molecule has 0 bridgehead atoms. The first-order valence-electron chi connectivity index (χ1n) is 6.61. The van der Waals surface area contributed by atoms with Gasteiger partial charge >= 0.3 is 6.18 Å². The standard InChI is InChI=1S/C13H20F3N3O2/c1-9(2)4-5-17-10(20)8-12(21,13(14,15)16)11-18-6-7-19(11)3/h6-7,9,21H,4-5,8H2,1-3H3,(H,17,20)/t12-/m1/s1. The van der Waals surface area contributed by atoms with Crippen molar-refractivity contribution in [2.24, 2.45) is 13.0 Å². The number of carbonyl (C=O) groups is 1. The van der Waals surface area contributed by atoms with Gasteiger partial charge in [0.25, 0.3) is 0 Å². The SMILES string of the molecule is CC(C)CCNC(=O)C[C@@](O)(c1nccn1C)C(F)(F)F. The number of halogens is 3. The summed E-state index contributed by atoms with van der Waals surface area (Å²) in [5, 5.41) is 12.4. The third kappa shape index (κ3) is 4.20. The van der Waals surface area contributed by atoms with Crippen molar-refractivity contribution in [3.63, 3.8) is 0 Å². The number of alkyl halides is 3. The summed E-state index contributed by atoms with van der Waals surface area (Å²) in [6.45, 7) is 4.14. The summed E-state index contributed by atoms with van der Waals surface area (Å²) in [4.78, 5) is 15.2. The van der Waals surface area contributed by atoms with E-state index < -0.39 is 29.9 Å². The monoisotopic (exact) mass is 307 g/mol. The van der Waals surface area contributed by atoms with Crippen molar-refractivity contribution < 1.29 is 23.1 Å². The lowest BCUT2D eigenvalue weighted by molar-refractivity contribution is -0.271. The Balaban J connectivity index is 2.86.